The molecular weight excluding hydrogens is 603 g/mol. The molecule has 1 rings (SSSR count). The predicted octanol–water partition coefficient (Wildman–Crippen LogP) is 2.21. The summed E-state index contributed by atoms with van der Waals surface area (Å²) in [6.45, 7) is 13.7. The quantitative estimate of drug-likeness (QED) is 0.186. The highest BCUT2D eigenvalue weighted by molar-refractivity contribution is 7.99. The Labute approximate surface area is 272 Å². The lowest BCUT2D eigenvalue weighted by Crippen LogP contribution is -2.59. The van der Waals surface area contributed by atoms with Crippen molar-refractivity contribution < 1.29 is 29.1 Å². The largest absolute Gasteiger partial charge is 0.390 e. The SMILES string of the molecule is CC(C)CCNC(=O)[C@H](C)NC(=O)C[C@H](O)[C@@H]1CSCCCCCSC[C@H](NC(=O)CC(C)C)C(=O)N[C@@H](C(C)C)C(=O)N1. The number of carbonyl (C=O) groups excluding carboxylic acids is 5. The second kappa shape index (κ2) is 21.7. The second-order valence-corrected chi connectivity index (χ2v) is 15.1. The van der Waals surface area contributed by atoms with Crippen LogP contribution in [0.3, 0.4) is 0 Å². The third-order valence-corrected chi connectivity index (χ3v) is 9.45. The average Bonchev–Trinajstić information content (AvgIpc) is 2.91. The van der Waals surface area contributed by atoms with E-state index >= 15 is 0 Å². The third-order valence-electron chi connectivity index (χ3n) is 7.13. The minimum atomic E-state index is -1.20. The maximum Gasteiger partial charge on any atom is 0.244 e. The molecule has 0 radical (unpaired) electrons. The highest BCUT2D eigenvalue weighted by Crippen LogP contribution is 2.16. The van der Waals surface area contributed by atoms with Crippen LogP contribution in [0.1, 0.15) is 87.0 Å². The summed E-state index contributed by atoms with van der Waals surface area (Å²) < 4.78 is 0. The Balaban J connectivity index is 2.98. The summed E-state index contributed by atoms with van der Waals surface area (Å²) in [4.78, 5) is 64.5. The molecule has 0 saturated carbocycles. The van der Waals surface area contributed by atoms with Crippen molar-refractivity contribution in [2.75, 3.05) is 29.6 Å². The molecule has 6 N–H and O–H groups in total. The summed E-state index contributed by atoms with van der Waals surface area (Å²) in [5.41, 5.74) is 0. The van der Waals surface area contributed by atoms with Crippen LogP contribution in [0, 0.1) is 17.8 Å². The lowest BCUT2D eigenvalue weighted by atomic mass is 10.0. The highest BCUT2D eigenvalue weighted by atomic mass is 32.2. The molecule has 0 aromatic carbocycles. The van der Waals surface area contributed by atoms with Crippen molar-refractivity contribution in [3.63, 3.8) is 0 Å². The number of thioether (sulfide) groups is 2. The van der Waals surface area contributed by atoms with Gasteiger partial charge in [0.05, 0.1) is 18.6 Å². The fourth-order valence-corrected chi connectivity index (χ4v) is 6.63. The van der Waals surface area contributed by atoms with Crippen LogP contribution in [0.2, 0.25) is 0 Å². The highest BCUT2D eigenvalue weighted by Gasteiger charge is 2.32. The molecule has 1 fully saturated rings. The molecule has 44 heavy (non-hydrogen) atoms. The van der Waals surface area contributed by atoms with Crippen molar-refractivity contribution in [1.29, 1.82) is 0 Å². The molecule has 1 aliphatic heterocycles. The van der Waals surface area contributed by atoms with E-state index in [1.165, 1.54) is 0 Å². The zero-order valence-corrected chi connectivity index (χ0v) is 29.3. The Kier molecular flexibility index (Phi) is 19.7. The number of hydrogen-bond donors (Lipinski definition) is 6. The van der Waals surface area contributed by atoms with Crippen LogP contribution in [-0.4, -0.2) is 94.5 Å². The first kappa shape index (κ1) is 40.0. The summed E-state index contributed by atoms with van der Waals surface area (Å²) >= 11 is 3.21. The third kappa shape index (κ3) is 16.9. The molecule has 1 saturated heterocycles. The van der Waals surface area contributed by atoms with E-state index in [1.54, 1.807) is 30.4 Å². The van der Waals surface area contributed by atoms with E-state index in [0.29, 0.717) is 30.4 Å². The number of amides is 5. The number of nitrogens with one attached hydrogen (secondary N) is 5. The molecule has 0 spiro atoms. The van der Waals surface area contributed by atoms with Gasteiger partial charge < -0.3 is 31.7 Å². The minimum absolute atomic E-state index is 0.143. The summed E-state index contributed by atoms with van der Waals surface area (Å²) in [7, 11) is 0. The lowest BCUT2D eigenvalue weighted by molar-refractivity contribution is -0.133. The Morgan fingerprint density at radius 3 is 2.07 bits per heavy atom. The van der Waals surface area contributed by atoms with Gasteiger partial charge in [0.2, 0.25) is 29.5 Å². The number of carbonyl (C=O) groups is 5. The van der Waals surface area contributed by atoms with Crippen molar-refractivity contribution in [3.8, 4) is 0 Å². The van der Waals surface area contributed by atoms with E-state index < -0.39 is 48.0 Å². The Morgan fingerprint density at radius 1 is 0.841 bits per heavy atom. The van der Waals surface area contributed by atoms with E-state index in [1.807, 2.05) is 27.7 Å². The molecule has 11 nitrogen and oxygen atoms in total. The molecule has 1 aliphatic rings. The zero-order chi connectivity index (χ0) is 33.2. The van der Waals surface area contributed by atoms with Crippen LogP contribution in [0.4, 0.5) is 0 Å². The maximum atomic E-state index is 13.5. The van der Waals surface area contributed by atoms with Crippen molar-refractivity contribution in [1.82, 2.24) is 26.6 Å². The van der Waals surface area contributed by atoms with Gasteiger partial charge >= 0.3 is 0 Å². The fraction of sp³-hybridized carbons (Fsp3) is 0.839. The van der Waals surface area contributed by atoms with Gasteiger partial charge in [0, 0.05) is 24.5 Å². The van der Waals surface area contributed by atoms with Gasteiger partial charge in [-0.05, 0) is 55.4 Å². The summed E-state index contributed by atoms with van der Waals surface area (Å²) in [5, 5.41) is 25.1. The van der Waals surface area contributed by atoms with E-state index in [9.17, 15) is 29.1 Å². The molecule has 0 aliphatic carbocycles. The monoisotopic (exact) mass is 659 g/mol. The maximum absolute atomic E-state index is 13.5. The topological polar surface area (TPSA) is 166 Å². The summed E-state index contributed by atoms with van der Waals surface area (Å²) in [6.07, 6.45) is 2.55. The Morgan fingerprint density at radius 2 is 1.48 bits per heavy atom. The van der Waals surface area contributed by atoms with E-state index in [2.05, 4.69) is 40.4 Å². The standard InChI is InChI=1S/C31H57N5O6S2/c1-19(2)11-12-32-29(40)22(7)33-27(39)16-25(37)23-17-43-13-9-8-10-14-44-18-24(34-26(38)15-20(3)4)30(41)36-28(21(5)6)31(42)35-23/h19-25,28,37H,8-18H2,1-7H3,(H,32,40)(H,33,39)(H,34,38)(H,35,42)(H,36,41)/t22-,23-,24-,25-,28-/m0/s1. The average molecular weight is 660 g/mol. The summed E-state index contributed by atoms with van der Waals surface area (Å²) in [6, 6.07) is -3.21. The first-order valence-corrected chi connectivity index (χ1v) is 18.3. The van der Waals surface area contributed by atoms with Crippen LogP contribution in [0.5, 0.6) is 0 Å². The zero-order valence-electron chi connectivity index (χ0n) is 27.7. The first-order valence-electron chi connectivity index (χ1n) is 16.0. The first-order chi connectivity index (χ1) is 20.7. The van der Waals surface area contributed by atoms with Crippen molar-refractivity contribution in [3.05, 3.63) is 0 Å². The molecule has 1 heterocycles. The van der Waals surface area contributed by atoms with Gasteiger partial charge in [0.1, 0.15) is 18.1 Å². The number of rotatable bonds is 12. The molecular formula is C31H57N5O6S2. The van der Waals surface area contributed by atoms with Gasteiger partial charge in [-0.3, -0.25) is 24.0 Å². The molecule has 254 valence electrons. The van der Waals surface area contributed by atoms with Gasteiger partial charge in [-0.15, -0.1) is 0 Å². The fourth-order valence-electron chi connectivity index (χ4n) is 4.45. The van der Waals surface area contributed by atoms with Gasteiger partial charge in [-0.1, -0.05) is 48.0 Å². The van der Waals surface area contributed by atoms with Crippen molar-refractivity contribution in [2.45, 2.75) is 117 Å². The Bertz CT molecular complexity index is 920. The van der Waals surface area contributed by atoms with Crippen LogP contribution in [0.15, 0.2) is 0 Å². The van der Waals surface area contributed by atoms with E-state index in [-0.39, 0.29) is 30.1 Å². The number of hydrogen-bond acceptors (Lipinski definition) is 8. The Hall–Kier alpha value is -1.99. The van der Waals surface area contributed by atoms with Gasteiger partial charge in [-0.2, -0.15) is 23.5 Å². The molecule has 13 heteroatoms. The molecule has 0 aromatic heterocycles. The molecule has 5 amide bonds. The second-order valence-electron chi connectivity index (χ2n) is 12.8. The van der Waals surface area contributed by atoms with Crippen molar-refractivity contribution in [2.24, 2.45) is 17.8 Å². The molecule has 0 unspecified atom stereocenters. The van der Waals surface area contributed by atoms with Crippen molar-refractivity contribution >= 4 is 53.1 Å². The predicted molar refractivity (Wildman–Crippen MR) is 179 cm³/mol. The van der Waals surface area contributed by atoms with E-state index in [4.69, 9.17) is 0 Å². The lowest BCUT2D eigenvalue weighted by Gasteiger charge is -2.29. The number of aliphatic hydroxyl groups is 1. The van der Waals surface area contributed by atoms with Crippen LogP contribution < -0.4 is 26.6 Å². The molecule has 0 bridgehead atoms. The molecule has 0 aromatic rings. The van der Waals surface area contributed by atoms with Crippen LogP contribution in [-0.2, 0) is 24.0 Å². The molecule has 5 atom stereocenters. The van der Waals surface area contributed by atoms with Gasteiger partial charge in [0.15, 0.2) is 0 Å². The summed E-state index contributed by atoms with van der Waals surface area (Å²) in [5.74, 6) is 0.884. The van der Waals surface area contributed by atoms with E-state index in [0.717, 1.165) is 37.2 Å². The van der Waals surface area contributed by atoms with Crippen LogP contribution >= 0.6 is 23.5 Å². The van der Waals surface area contributed by atoms with Gasteiger partial charge in [-0.25, -0.2) is 0 Å². The normalized spacial score (nSPS) is 22.6. The smallest absolute Gasteiger partial charge is 0.244 e. The number of aliphatic hydroxyl groups excluding tert-OH is 1. The minimum Gasteiger partial charge on any atom is -0.390 e. The van der Waals surface area contributed by atoms with Crippen LogP contribution in [0.25, 0.3) is 0 Å². The van der Waals surface area contributed by atoms with Gasteiger partial charge in [0.25, 0.3) is 0 Å².